The van der Waals surface area contributed by atoms with E-state index in [1.807, 2.05) is 0 Å². The Hall–Kier alpha value is -2.75. The van der Waals surface area contributed by atoms with Crippen molar-refractivity contribution in [3.8, 4) is 11.1 Å². The monoisotopic (exact) mass is 396 g/mol. The molecule has 0 aliphatic carbocycles. The molecule has 3 nitrogen and oxygen atoms in total. The Kier molecular flexibility index (Phi) is 4.25. The van der Waals surface area contributed by atoms with E-state index in [1.165, 1.54) is 27.7 Å². The summed E-state index contributed by atoms with van der Waals surface area (Å²) in [4.78, 5) is 4.85. The van der Waals surface area contributed by atoms with Crippen LogP contribution in [0.5, 0.6) is 0 Å². The van der Waals surface area contributed by atoms with Crippen LogP contribution in [0.15, 0.2) is 73.2 Å². The lowest BCUT2D eigenvalue weighted by atomic mass is 9.39. The molecule has 3 heterocycles. The van der Waals surface area contributed by atoms with Crippen molar-refractivity contribution in [2.75, 3.05) is 11.9 Å². The summed E-state index contributed by atoms with van der Waals surface area (Å²) in [7, 11) is 2.21. The van der Waals surface area contributed by atoms with Crippen LogP contribution in [-0.2, 0) is 5.54 Å². The van der Waals surface area contributed by atoms with Gasteiger partial charge in [-0.25, -0.2) is 4.57 Å². The van der Waals surface area contributed by atoms with Crippen molar-refractivity contribution < 1.29 is 4.57 Å². The lowest BCUT2D eigenvalue weighted by molar-refractivity contribution is -0.758. The van der Waals surface area contributed by atoms with Gasteiger partial charge in [0.1, 0.15) is 5.54 Å². The van der Waals surface area contributed by atoms with E-state index in [-0.39, 0.29) is 10.9 Å². The number of pyridine rings is 1. The average molecular weight is 396 g/mol. The highest BCUT2D eigenvalue weighted by molar-refractivity contribution is 6.65. The second kappa shape index (κ2) is 6.63. The molecule has 2 unspecified atom stereocenters. The molecular weight excluding hydrogens is 365 g/mol. The first-order valence-corrected chi connectivity index (χ1v) is 11.2. The topological polar surface area (TPSA) is 10.4 Å². The predicted octanol–water partition coefficient (Wildman–Crippen LogP) is 5.81. The summed E-state index contributed by atoms with van der Waals surface area (Å²) >= 11 is 0. The van der Waals surface area contributed by atoms with E-state index < -0.39 is 0 Å². The molecule has 0 saturated carbocycles. The van der Waals surface area contributed by atoms with Gasteiger partial charge in [0.2, 0.25) is 0 Å². The molecule has 2 atom stereocenters. The molecule has 0 amide bonds. The van der Waals surface area contributed by atoms with Crippen LogP contribution in [0.2, 0.25) is 5.31 Å². The van der Waals surface area contributed by atoms with E-state index in [4.69, 9.17) is 0 Å². The van der Waals surface area contributed by atoms with E-state index in [1.54, 1.807) is 0 Å². The van der Waals surface area contributed by atoms with Crippen LogP contribution in [0, 0.1) is 0 Å². The molecule has 2 aliphatic rings. The van der Waals surface area contributed by atoms with Gasteiger partial charge >= 0.3 is 6.98 Å². The molecule has 2 aliphatic heterocycles. The number of rotatable bonds is 3. The van der Waals surface area contributed by atoms with Gasteiger partial charge in [0.25, 0.3) is 5.82 Å². The Morgan fingerprint density at radius 2 is 1.60 bits per heavy atom. The Labute approximate surface area is 180 Å². The summed E-state index contributed by atoms with van der Waals surface area (Å²) in [6.45, 7) is 9.95. The number of hydrogen-bond acceptors (Lipinski definition) is 2. The molecular formula is C26H31BN3+. The van der Waals surface area contributed by atoms with Gasteiger partial charge in [0.05, 0.1) is 17.7 Å². The molecule has 3 aromatic rings. The van der Waals surface area contributed by atoms with Crippen molar-refractivity contribution in [2.24, 2.45) is 0 Å². The smallest absolute Gasteiger partial charge is 0.380 e. The van der Waals surface area contributed by atoms with Crippen LogP contribution in [-0.4, -0.2) is 18.8 Å². The molecule has 152 valence electrons. The molecule has 0 N–H and O–H groups in total. The number of fused-ring (bicyclic) bond motifs is 4. The Morgan fingerprint density at radius 1 is 0.867 bits per heavy atom. The minimum Gasteiger partial charge on any atom is -0.380 e. The van der Waals surface area contributed by atoms with Gasteiger partial charge in [-0.3, -0.25) is 4.81 Å². The normalized spacial score (nSPS) is 25.0. The van der Waals surface area contributed by atoms with Crippen molar-refractivity contribution in [3.63, 3.8) is 0 Å². The standard InChI is InChI=1S/C26H31BN3/c1-6-25(3)26(4,7-2)29-19-23(14-15-24(29)30-17-16-28(5)27(25)30)22-13-12-20-10-8-9-11-21(20)18-22/h8-19H,6-7H2,1-5H3/q+1. The van der Waals surface area contributed by atoms with E-state index in [0.717, 1.165) is 12.8 Å². The van der Waals surface area contributed by atoms with E-state index in [0.29, 0.717) is 6.98 Å². The summed E-state index contributed by atoms with van der Waals surface area (Å²) in [5.74, 6) is 1.28. The number of aromatic nitrogens is 1. The first-order chi connectivity index (χ1) is 14.4. The number of benzene rings is 2. The minimum absolute atomic E-state index is 0.0192. The quantitative estimate of drug-likeness (QED) is 0.408. The highest BCUT2D eigenvalue weighted by Crippen LogP contribution is 2.54. The maximum absolute atomic E-state index is 2.56. The number of anilines is 1. The van der Waals surface area contributed by atoms with Crippen LogP contribution in [0.3, 0.4) is 0 Å². The first kappa shape index (κ1) is 19.2. The van der Waals surface area contributed by atoms with Crippen molar-refractivity contribution >= 4 is 23.6 Å². The summed E-state index contributed by atoms with van der Waals surface area (Å²) in [6, 6.07) is 20.0. The van der Waals surface area contributed by atoms with Crippen molar-refractivity contribution in [1.29, 1.82) is 0 Å². The molecule has 0 spiro atoms. The van der Waals surface area contributed by atoms with Crippen LogP contribution in [0.4, 0.5) is 5.82 Å². The third kappa shape index (κ3) is 2.43. The fourth-order valence-electron chi connectivity index (χ4n) is 5.82. The third-order valence-electron chi connectivity index (χ3n) is 8.14. The molecule has 30 heavy (non-hydrogen) atoms. The molecule has 0 saturated heterocycles. The second-order valence-electron chi connectivity index (χ2n) is 9.35. The van der Waals surface area contributed by atoms with Crippen LogP contribution >= 0.6 is 0 Å². The lowest BCUT2D eigenvalue weighted by Gasteiger charge is -2.51. The zero-order valence-corrected chi connectivity index (χ0v) is 18.8. The number of nitrogens with zero attached hydrogens (tertiary/aromatic N) is 3. The zero-order chi connectivity index (χ0) is 21.1. The SMILES string of the molecule is CCC1(C)B2N(C)C=CN2c2ccc(-c3ccc4ccccc4c3)c[n+]2C1(C)CC. The fraction of sp³-hybridized carbons (Fsp3) is 0.346. The van der Waals surface area contributed by atoms with Gasteiger partial charge in [0.15, 0.2) is 0 Å². The third-order valence-corrected chi connectivity index (χ3v) is 8.14. The van der Waals surface area contributed by atoms with Gasteiger partial charge in [-0.15, -0.1) is 0 Å². The molecule has 4 heteroatoms. The Morgan fingerprint density at radius 3 is 2.33 bits per heavy atom. The van der Waals surface area contributed by atoms with Crippen LogP contribution in [0.1, 0.15) is 40.5 Å². The summed E-state index contributed by atoms with van der Waals surface area (Å²) < 4.78 is 2.56. The minimum atomic E-state index is 0.0192. The second-order valence-corrected chi connectivity index (χ2v) is 9.35. The Bertz CT molecular complexity index is 1160. The molecule has 2 aromatic carbocycles. The van der Waals surface area contributed by atoms with Crippen LogP contribution in [0.25, 0.3) is 21.9 Å². The van der Waals surface area contributed by atoms with Gasteiger partial charge in [0, 0.05) is 17.8 Å². The highest BCUT2D eigenvalue weighted by Gasteiger charge is 2.67. The maximum atomic E-state index is 2.56. The first-order valence-electron chi connectivity index (χ1n) is 11.2. The van der Waals surface area contributed by atoms with Crippen molar-refractivity contribution in [3.05, 3.63) is 73.2 Å². The van der Waals surface area contributed by atoms with Crippen LogP contribution < -0.4 is 9.38 Å². The lowest BCUT2D eigenvalue weighted by Crippen LogP contribution is -2.74. The molecule has 5 rings (SSSR count). The largest absolute Gasteiger partial charge is 0.511 e. The summed E-state index contributed by atoms with van der Waals surface area (Å²) in [5, 5.41) is 2.69. The van der Waals surface area contributed by atoms with Gasteiger partial charge in [-0.1, -0.05) is 57.2 Å². The summed E-state index contributed by atoms with van der Waals surface area (Å²) in [6.07, 6.45) is 9.07. The molecule has 0 bridgehead atoms. The van der Waals surface area contributed by atoms with Gasteiger partial charge in [-0.2, -0.15) is 0 Å². The molecule has 0 radical (unpaired) electrons. The molecule has 0 fully saturated rings. The fourth-order valence-corrected chi connectivity index (χ4v) is 5.82. The van der Waals surface area contributed by atoms with Gasteiger partial charge < -0.3 is 4.81 Å². The highest BCUT2D eigenvalue weighted by atomic mass is 15.3. The summed E-state index contributed by atoms with van der Waals surface area (Å²) in [5.41, 5.74) is 2.57. The predicted molar refractivity (Wildman–Crippen MR) is 127 cm³/mol. The maximum Gasteiger partial charge on any atom is 0.511 e. The van der Waals surface area contributed by atoms with Gasteiger partial charge in [-0.05, 0) is 55.3 Å². The zero-order valence-electron chi connectivity index (χ0n) is 18.8. The van der Waals surface area contributed by atoms with E-state index in [2.05, 4.69) is 122 Å². The Balaban J connectivity index is 1.71. The average Bonchev–Trinajstić information content (AvgIpc) is 3.18. The number of hydrogen-bond donors (Lipinski definition) is 0. The van der Waals surface area contributed by atoms with Crippen molar-refractivity contribution in [2.45, 2.75) is 51.4 Å². The molecule has 1 aromatic heterocycles. The van der Waals surface area contributed by atoms with E-state index in [9.17, 15) is 0 Å². The van der Waals surface area contributed by atoms with E-state index >= 15 is 0 Å². The van der Waals surface area contributed by atoms with Crippen molar-refractivity contribution in [1.82, 2.24) is 4.81 Å².